The van der Waals surface area contributed by atoms with Crippen LogP contribution in [0, 0.1) is 5.82 Å². The molecule has 6 nitrogen and oxygen atoms in total. The molecule has 0 atom stereocenters. The molecule has 0 aliphatic rings. The molecule has 0 unspecified atom stereocenters. The highest BCUT2D eigenvalue weighted by Crippen LogP contribution is 2.29. The third-order valence-corrected chi connectivity index (χ3v) is 5.33. The van der Waals surface area contributed by atoms with Crippen LogP contribution >= 0.6 is 11.3 Å². The molecule has 0 aliphatic heterocycles. The van der Waals surface area contributed by atoms with E-state index < -0.39 is 0 Å². The summed E-state index contributed by atoms with van der Waals surface area (Å²) in [6.45, 7) is 0.292. The first kappa shape index (κ1) is 19.7. The summed E-state index contributed by atoms with van der Waals surface area (Å²) in [6, 6.07) is 18.3. The van der Waals surface area contributed by atoms with E-state index in [0.29, 0.717) is 17.4 Å². The minimum Gasteiger partial charge on any atom is -0.278 e. The number of anilines is 1. The number of halogens is 1. The van der Waals surface area contributed by atoms with Gasteiger partial charge in [0.25, 0.3) is 11.5 Å². The third-order valence-electron chi connectivity index (χ3n) is 4.47. The second-order valence-corrected chi connectivity index (χ2v) is 7.42. The minimum atomic E-state index is -0.366. The van der Waals surface area contributed by atoms with Crippen LogP contribution in [0.1, 0.15) is 16.1 Å². The molecule has 0 saturated heterocycles. The maximum Gasteiger partial charge on any atom is 0.280 e. The Kier molecular flexibility index (Phi) is 5.49. The van der Waals surface area contributed by atoms with Crippen molar-refractivity contribution in [2.45, 2.75) is 6.54 Å². The first-order valence-electron chi connectivity index (χ1n) is 9.13. The van der Waals surface area contributed by atoms with Gasteiger partial charge in [-0.25, -0.2) is 14.1 Å². The molecule has 4 aromatic rings. The van der Waals surface area contributed by atoms with Gasteiger partial charge in [0.15, 0.2) is 5.13 Å². The summed E-state index contributed by atoms with van der Waals surface area (Å²) in [6.07, 6.45) is 0. The van der Waals surface area contributed by atoms with E-state index in [-0.39, 0.29) is 23.0 Å². The number of hydrogen-bond donors (Lipinski definition) is 0. The van der Waals surface area contributed by atoms with Gasteiger partial charge in [0.05, 0.1) is 12.2 Å². The molecule has 150 valence electrons. The second kappa shape index (κ2) is 8.38. The molecule has 0 saturated carbocycles. The normalized spacial score (nSPS) is 10.7. The number of hydrogen-bond acceptors (Lipinski definition) is 5. The Morgan fingerprint density at radius 3 is 2.50 bits per heavy atom. The van der Waals surface area contributed by atoms with Gasteiger partial charge in [0.1, 0.15) is 11.5 Å². The van der Waals surface area contributed by atoms with Gasteiger partial charge in [-0.1, -0.05) is 30.3 Å². The Hall–Kier alpha value is -3.65. The molecule has 2 aromatic carbocycles. The maximum absolute atomic E-state index is 13.3. The quantitative estimate of drug-likeness (QED) is 0.491. The predicted molar refractivity (Wildman–Crippen MR) is 114 cm³/mol. The summed E-state index contributed by atoms with van der Waals surface area (Å²) in [5, 5.41) is 6.39. The lowest BCUT2D eigenvalue weighted by Gasteiger charge is -2.19. The number of carbonyl (C=O) groups excluding carboxylic acids is 1. The van der Waals surface area contributed by atoms with Crippen LogP contribution in [0.15, 0.2) is 76.9 Å². The molecule has 0 bridgehead atoms. The van der Waals surface area contributed by atoms with Gasteiger partial charge >= 0.3 is 0 Å². The molecule has 0 radical (unpaired) electrons. The standard InChI is InChI=1S/C22H17FN4O2S/c1-26-20(28)12-11-18(25-26)21(29)27(13-15-5-3-2-4-6-15)22-24-19(14-30-22)16-7-9-17(23)10-8-16/h2-12,14H,13H2,1H3. The van der Waals surface area contributed by atoms with Crippen molar-refractivity contribution in [2.75, 3.05) is 4.90 Å². The van der Waals surface area contributed by atoms with Crippen molar-refractivity contribution in [2.24, 2.45) is 7.05 Å². The number of rotatable bonds is 5. The average Bonchev–Trinajstić information content (AvgIpc) is 3.24. The van der Waals surface area contributed by atoms with Crippen molar-refractivity contribution < 1.29 is 9.18 Å². The highest BCUT2D eigenvalue weighted by Gasteiger charge is 2.23. The molecule has 0 fully saturated rings. The molecule has 2 heterocycles. The zero-order valence-electron chi connectivity index (χ0n) is 16.0. The smallest absolute Gasteiger partial charge is 0.278 e. The van der Waals surface area contributed by atoms with Crippen LogP contribution in [0.5, 0.6) is 0 Å². The van der Waals surface area contributed by atoms with Crippen molar-refractivity contribution >= 4 is 22.4 Å². The summed E-state index contributed by atoms with van der Waals surface area (Å²) in [4.78, 5) is 31.0. The molecular formula is C22H17FN4O2S. The number of amides is 1. The molecule has 0 N–H and O–H groups in total. The van der Waals surface area contributed by atoms with Gasteiger partial charge in [-0.3, -0.25) is 14.5 Å². The van der Waals surface area contributed by atoms with E-state index in [1.807, 2.05) is 35.7 Å². The Balaban J connectivity index is 1.71. The first-order chi connectivity index (χ1) is 14.5. The van der Waals surface area contributed by atoms with E-state index in [1.54, 1.807) is 12.1 Å². The average molecular weight is 420 g/mol. The summed E-state index contributed by atoms with van der Waals surface area (Å²) in [7, 11) is 1.50. The van der Waals surface area contributed by atoms with E-state index in [9.17, 15) is 14.0 Å². The Bertz CT molecular complexity index is 1240. The number of thiazole rings is 1. The fourth-order valence-electron chi connectivity index (χ4n) is 2.89. The van der Waals surface area contributed by atoms with E-state index >= 15 is 0 Å². The Morgan fingerprint density at radius 1 is 1.07 bits per heavy atom. The fraction of sp³-hybridized carbons (Fsp3) is 0.0909. The summed E-state index contributed by atoms with van der Waals surface area (Å²) in [5.74, 6) is -0.690. The lowest BCUT2D eigenvalue weighted by molar-refractivity contribution is 0.0978. The van der Waals surface area contributed by atoms with Gasteiger partial charge in [-0.15, -0.1) is 11.3 Å². The van der Waals surface area contributed by atoms with Crippen LogP contribution in [-0.4, -0.2) is 20.7 Å². The summed E-state index contributed by atoms with van der Waals surface area (Å²) >= 11 is 1.31. The topological polar surface area (TPSA) is 68.1 Å². The number of aromatic nitrogens is 3. The zero-order valence-corrected chi connectivity index (χ0v) is 16.8. The largest absolute Gasteiger partial charge is 0.280 e. The van der Waals surface area contributed by atoms with Crippen LogP contribution < -0.4 is 10.5 Å². The van der Waals surface area contributed by atoms with Crippen LogP contribution in [0.25, 0.3) is 11.3 Å². The van der Waals surface area contributed by atoms with Gasteiger partial charge in [0.2, 0.25) is 0 Å². The molecule has 2 aromatic heterocycles. The van der Waals surface area contributed by atoms with Crippen LogP contribution in [0.3, 0.4) is 0 Å². The number of carbonyl (C=O) groups is 1. The molecule has 0 aliphatic carbocycles. The Labute approximate surface area is 175 Å². The van der Waals surface area contributed by atoms with Gasteiger partial charge < -0.3 is 0 Å². The second-order valence-electron chi connectivity index (χ2n) is 6.58. The van der Waals surface area contributed by atoms with E-state index in [2.05, 4.69) is 10.1 Å². The van der Waals surface area contributed by atoms with Gasteiger partial charge in [-0.2, -0.15) is 5.10 Å². The van der Waals surface area contributed by atoms with Gasteiger partial charge in [-0.05, 0) is 35.9 Å². The monoisotopic (exact) mass is 420 g/mol. The predicted octanol–water partition coefficient (Wildman–Crippen LogP) is 3.89. The zero-order chi connectivity index (χ0) is 21.1. The number of aryl methyl sites for hydroxylation is 1. The highest BCUT2D eigenvalue weighted by atomic mass is 32.1. The van der Waals surface area contributed by atoms with E-state index in [4.69, 9.17) is 0 Å². The van der Waals surface area contributed by atoms with E-state index in [1.165, 1.54) is 47.5 Å². The molecule has 1 amide bonds. The molecular weight excluding hydrogens is 403 g/mol. The van der Waals surface area contributed by atoms with Crippen LogP contribution in [0.4, 0.5) is 9.52 Å². The molecule has 4 rings (SSSR count). The Morgan fingerprint density at radius 2 is 1.80 bits per heavy atom. The highest BCUT2D eigenvalue weighted by molar-refractivity contribution is 7.14. The van der Waals surface area contributed by atoms with Crippen molar-refractivity contribution in [1.29, 1.82) is 0 Å². The summed E-state index contributed by atoms with van der Waals surface area (Å²) < 4.78 is 14.4. The minimum absolute atomic E-state index is 0.145. The first-order valence-corrected chi connectivity index (χ1v) is 10.0. The summed E-state index contributed by atoms with van der Waals surface area (Å²) in [5.41, 5.74) is 2.18. The van der Waals surface area contributed by atoms with Crippen LogP contribution in [-0.2, 0) is 13.6 Å². The SMILES string of the molecule is Cn1nc(C(=O)N(Cc2ccccc2)c2nc(-c3ccc(F)cc3)cs2)ccc1=O. The number of nitrogens with zero attached hydrogens (tertiary/aromatic N) is 4. The van der Waals surface area contributed by atoms with Crippen LogP contribution in [0.2, 0.25) is 0 Å². The van der Waals surface area contributed by atoms with Crippen molar-refractivity contribution in [3.05, 3.63) is 99.5 Å². The number of benzene rings is 2. The van der Waals surface area contributed by atoms with Gasteiger partial charge in [0, 0.05) is 24.1 Å². The lowest BCUT2D eigenvalue weighted by Crippen LogP contribution is -2.33. The molecule has 0 spiro atoms. The third kappa shape index (κ3) is 4.18. The fourth-order valence-corrected chi connectivity index (χ4v) is 3.72. The van der Waals surface area contributed by atoms with Crippen molar-refractivity contribution in [3.8, 4) is 11.3 Å². The molecule has 8 heteroatoms. The van der Waals surface area contributed by atoms with Crippen molar-refractivity contribution in [1.82, 2.24) is 14.8 Å². The van der Waals surface area contributed by atoms with E-state index in [0.717, 1.165) is 15.8 Å². The lowest BCUT2D eigenvalue weighted by atomic mass is 10.2. The maximum atomic E-state index is 13.3. The molecule has 30 heavy (non-hydrogen) atoms. The van der Waals surface area contributed by atoms with Crippen molar-refractivity contribution in [3.63, 3.8) is 0 Å².